The zero-order valence-electron chi connectivity index (χ0n) is 13.7. The summed E-state index contributed by atoms with van der Waals surface area (Å²) in [5.41, 5.74) is -0.808. The SMILES string of the molecule is Cc1nc(-c2cn([C@H](C)c3ccc(C(F)(F)F)cc3F)nn2)cc(=O)[nH]1. The molecule has 136 valence electrons. The first-order chi connectivity index (χ1) is 12.1. The largest absolute Gasteiger partial charge is 0.416 e. The summed E-state index contributed by atoms with van der Waals surface area (Å²) in [6.07, 6.45) is -3.17. The Kier molecular flexibility index (Phi) is 4.34. The van der Waals surface area contributed by atoms with Crippen LogP contribution in [0.5, 0.6) is 0 Å². The lowest BCUT2D eigenvalue weighted by Crippen LogP contribution is -2.12. The van der Waals surface area contributed by atoms with Crippen molar-refractivity contribution in [2.75, 3.05) is 0 Å². The number of benzene rings is 1. The van der Waals surface area contributed by atoms with Gasteiger partial charge < -0.3 is 4.98 Å². The van der Waals surface area contributed by atoms with Crippen LogP contribution in [0, 0.1) is 12.7 Å². The van der Waals surface area contributed by atoms with Crippen LogP contribution in [0.15, 0.2) is 35.3 Å². The molecule has 2 aromatic heterocycles. The molecule has 0 amide bonds. The van der Waals surface area contributed by atoms with Gasteiger partial charge in [-0.3, -0.25) is 4.79 Å². The number of hydrogen-bond donors (Lipinski definition) is 1. The van der Waals surface area contributed by atoms with E-state index >= 15 is 0 Å². The van der Waals surface area contributed by atoms with Crippen LogP contribution in [-0.4, -0.2) is 25.0 Å². The van der Waals surface area contributed by atoms with Gasteiger partial charge in [0.15, 0.2) is 0 Å². The first kappa shape index (κ1) is 17.8. The maximum absolute atomic E-state index is 14.1. The first-order valence-corrected chi connectivity index (χ1v) is 7.52. The number of aryl methyl sites for hydroxylation is 1. The Balaban J connectivity index is 1.93. The van der Waals surface area contributed by atoms with E-state index in [4.69, 9.17) is 0 Å². The second-order valence-corrected chi connectivity index (χ2v) is 5.71. The third-order valence-corrected chi connectivity index (χ3v) is 3.81. The number of H-pyrrole nitrogens is 1. The Morgan fingerprint density at radius 2 is 1.92 bits per heavy atom. The third-order valence-electron chi connectivity index (χ3n) is 3.81. The van der Waals surface area contributed by atoms with Crippen LogP contribution in [0.1, 0.15) is 29.9 Å². The average molecular weight is 367 g/mol. The Morgan fingerprint density at radius 1 is 1.19 bits per heavy atom. The van der Waals surface area contributed by atoms with Crippen molar-refractivity contribution in [1.29, 1.82) is 0 Å². The Bertz CT molecular complexity index is 1010. The van der Waals surface area contributed by atoms with Gasteiger partial charge >= 0.3 is 6.18 Å². The molecule has 3 aromatic rings. The summed E-state index contributed by atoms with van der Waals surface area (Å²) in [7, 11) is 0. The molecule has 0 aliphatic heterocycles. The van der Waals surface area contributed by atoms with E-state index in [1.54, 1.807) is 13.8 Å². The highest BCUT2D eigenvalue weighted by molar-refractivity contribution is 5.51. The number of aromatic amines is 1. The van der Waals surface area contributed by atoms with E-state index in [0.717, 1.165) is 12.1 Å². The number of aromatic nitrogens is 5. The molecule has 2 heterocycles. The number of halogens is 4. The van der Waals surface area contributed by atoms with Gasteiger partial charge in [-0.15, -0.1) is 5.10 Å². The van der Waals surface area contributed by atoms with Crippen molar-refractivity contribution < 1.29 is 17.6 Å². The fourth-order valence-electron chi connectivity index (χ4n) is 2.48. The lowest BCUT2D eigenvalue weighted by Gasteiger charge is -2.14. The predicted molar refractivity (Wildman–Crippen MR) is 83.8 cm³/mol. The van der Waals surface area contributed by atoms with Crippen molar-refractivity contribution in [3.8, 4) is 11.4 Å². The molecule has 0 unspecified atom stereocenters. The van der Waals surface area contributed by atoms with Crippen LogP contribution in [-0.2, 0) is 6.18 Å². The summed E-state index contributed by atoms with van der Waals surface area (Å²) in [4.78, 5) is 18.1. The molecule has 26 heavy (non-hydrogen) atoms. The molecule has 1 aromatic carbocycles. The minimum absolute atomic E-state index is 0.0319. The van der Waals surface area contributed by atoms with Gasteiger partial charge in [0, 0.05) is 11.6 Å². The summed E-state index contributed by atoms with van der Waals surface area (Å²) in [5, 5.41) is 7.76. The van der Waals surface area contributed by atoms with Gasteiger partial charge in [0.25, 0.3) is 5.56 Å². The quantitative estimate of drug-likeness (QED) is 0.722. The van der Waals surface area contributed by atoms with E-state index in [-0.39, 0.29) is 16.8 Å². The second-order valence-electron chi connectivity index (χ2n) is 5.71. The molecule has 1 N–H and O–H groups in total. The molecule has 1 atom stereocenters. The van der Waals surface area contributed by atoms with E-state index < -0.39 is 23.6 Å². The standard InChI is InChI=1S/C16H13F4N5O/c1-8(11-4-3-10(5-12(11)17)16(18,19)20)25-7-14(23-24-25)13-6-15(26)22-9(2)21-13/h3-8H,1-2H3,(H,21,22,26)/t8-/m1/s1. The topological polar surface area (TPSA) is 76.5 Å². The van der Waals surface area contributed by atoms with Crippen LogP contribution in [0.2, 0.25) is 0 Å². The van der Waals surface area contributed by atoms with Gasteiger partial charge in [0.05, 0.1) is 23.5 Å². The Labute approximate surface area is 144 Å². The Hall–Kier alpha value is -3.04. The molecule has 3 rings (SSSR count). The molecule has 0 aliphatic rings. The van der Waals surface area contributed by atoms with Crippen molar-refractivity contribution in [2.24, 2.45) is 0 Å². The number of hydrogen-bond acceptors (Lipinski definition) is 4. The highest BCUT2D eigenvalue weighted by atomic mass is 19.4. The number of nitrogens with zero attached hydrogens (tertiary/aromatic N) is 4. The van der Waals surface area contributed by atoms with Gasteiger partial charge in [0.2, 0.25) is 0 Å². The monoisotopic (exact) mass is 367 g/mol. The molecule has 0 fully saturated rings. The van der Waals surface area contributed by atoms with E-state index in [1.165, 1.54) is 16.9 Å². The molecule has 6 nitrogen and oxygen atoms in total. The second kappa shape index (κ2) is 6.36. The summed E-state index contributed by atoms with van der Waals surface area (Å²) < 4.78 is 53.4. The third kappa shape index (κ3) is 3.48. The summed E-state index contributed by atoms with van der Waals surface area (Å²) in [5.74, 6) is -0.599. The van der Waals surface area contributed by atoms with Crippen molar-refractivity contribution >= 4 is 0 Å². The van der Waals surface area contributed by atoms with Gasteiger partial charge in [-0.1, -0.05) is 11.3 Å². The smallest absolute Gasteiger partial charge is 0.311 e. The molecule has 0 bridgehead atoms. The lowest BCUT2D eigenvalue weighted by molar-refractivity contribution is -0.137. The molecule has 0 radical (unpaired) electrons. The van der Waals surface area contributed by atoms with Crippen LogP contribution in [0.25, 0.3) is 11.4 Å². The Morgan fingerprint density at radius 3 is 2.54 bits per heavy atom. The van der Waals surface area contributed by atoms with Crippen molar-refractivity contribution in [1.82, 2.24) is 25.0 Å². The van der Waals surface area contributed by atoms with Crippen LogP contribution >= 0.6 is 0 Å². The average Bonchev–Trinajstić information content (AvgIpc) is 3.02. The number of rotatable bonds is 3. The lowest BCUT2D eigenvalue weighted by atomic mass is 10.0. The maximum Gasteiger partial charge on any atom is 0.416 e. The van der Waals surface area contributed by atoms with Gasteiger partial charge in [0.1, 0.15) is 17.3 Å². The normalized spacial score (nSPS) is 13.0. The van der Waals surface area contributed by atoms with E-state index in [1.807, 2.05) is 0 Å². The summed E-state index contributed by atoms with van der Waals surface area (Å²) in [6.45, 7) is 3.18. The highest BCUT2D eigenvalue weighted by Crippen LogP contribution is 2.32. The van der Waals surface area contributed by atoms with E-state index in [9.17, 15) is 22.4 Å². The van der Waals surface area contributed by atoms with Crippen molar-refractivity contribution in [3.63, 3.8) is 0 Å². The van der Waals surface area contributed by atoms with Crippen LogP contribution < -0.4 is 5.56 Å². The molecular weight excluding hydrogens is 354 g/mol. The molecule has 10 heteroatoms. The van der Waals surface area contributed by atoms with Gasteiger partial charge in [-0.2, -0.15) is 13.2 Å². The molecule has 0 saturated carbocycles. The molecular formula is C16H13F4N5O. The first-order valence-electron chi connectivity index (χ1n) is 7.52. The summed E-state index contributed by atoms with van der Waals surface area (Å²) >= 11 is 0. The van der Waals surface area contributed by atoms with E-state index in [2.05, 4.69) is 20.3 Å². The van der Waals surface area contributed by atoms with Gasteiger partial charge in [-0.05, 0) is 26.0 Å². The fourth-order valence-corrected chi connectivity index (χ4v) is 2.48. The molecule has 0 saturated heterocycles. The van der Waals surface area contributed by atoms with Crippen LogP contribution in [0.4, 0.5) is 17.6 Å². The van der Waals surface area contributed by atoms with Crippen molar-refractivity contribution in [3.05, 3.63) is 63.6 Å². The number of alkyl halides is 3. The molecule has 0 spiro atoms. The minimum atomic E-state index is -4.62. The predicted octanol–water partition coefficient (Wildman–Crippen LogP) is 3.10. The van der Waals surface area contributed by atoms with Crippen molar-refractivity contribution in [2.45, 2.75) is 26.1 Å². The zero-order valence-corrected chi connectivity index (χ0v) is 13.7. The van der Waals surface area contributed by atoms with Gasteiger partial charge in [-0.25, -0.2) is 14.1 Å². The molecule has 0 aliphatic carbocycles. The highest BCUT2D eigenvalue weighted by Gasteiger charge is 2.31. The summed E-state index contributed by atoms with van der Waals surface area (Å²) in [6, 6.07) is 2.87. The van der Waals surface area contributed by atoms with E-state index in [0.29, 0.717) is 17.6 Å². The maximum atomic E-state index is 14.1. The van der Waals surface area contributed by atoms with Crippen LogP contribution in [0.3, 0.4) is 0 Å². The number of nitrogens with one attached hydrogen (secondary N) is 1. The zero-order chi connectivity index (χ0) is 19.1. The minimum Gasteiger partial charge on any atom is -0.311 e. The fraction of sp³-hybridized carbons (Fsp3) is 0.250.